The SMILES string of the molecule is CC(C)(C)c1nc2ccc(Cl)c(S(=O)(=O)[C@H]3C[C@H](F)C3)c2o1. The Bertz CT molecular complexity index is 832. The van der Waals surface area contributed by atoms with Gasteiger partial charge in [-0.3, -0.25) is 0 Å². The van der Waals surface area contributed by atoms with Gasteiger partial charge in [-0.2, -0.15) is 0 Å². The number of rotatable bonds is 2. The zero-order valence-corrected chi connectivity index (χ0v) is 14.1. The monoisotopic (exact) mass is 345 g/mol. The molecule has 1 fully saturated rings. The highest BCUT2D eigenvalue weighted by Crippen LogP contribution is 2.40. The van der Waals surface area contributed by atoms with E-state index in [1.165, 1.54) is 6.07 Å². The van der Waals surface area contributed by atoms with Gasteiger partial charge in [-0.1, -0.05) is 32.4 Å². The maximum Gasteiger partial charge on any atom is 0.200 e. The fourth-order valence-electron chi connectivity index (χ4n) is 2.45. The number of oxazole rings is 1. The smallest absolute Gasteiger partial charge is 0.200 e. The van der Waals surface area contributed by atoms with Crippen LogP contribution in [0.2, 0.25) is 5.02 Å². The van der Waals surface area contributed by atoms with E-state index in [1.807, 2.05) is 20.8 Å². The average molecular weight is 346 g/mol. The minimum atomic E-state index is -3.73. The molecule has 0 saturated heterocycles. The topological polar surface area (TPSA) is 60.2 Å². The van der Waals surface area contributed by atoms with E-state index in [0.717, 1.165) is 0 Å². The molecule has 0 atom stereocenters. The first-order chi connectivity index (χ1) is 10.1. The van der Waals surface area contributed by atoms with Crippen LogP contribution in [-0.2, 0) is 15.3 Å². The first-order valence-electron chi connectivity index (χ1n) is 7.08. The van der Waals surface area contributed by atoms with Crippen molar-refractivity contribution in [2.45, 2.75) is 55.3 Å². The molecule has 0 N–H and O–H groups in total. The maximum atomic E-state index is 13.1. The molecule has 0 unspecified atom stereocenters. The molecule has 3 rings (SSSR count). The van der Waals surface area contributed by atoms with Crippen molar-refractivity contribution in [1.82, 2.24) is 4.98 Å². The van der Waals surface area contributed by atoms with Gasteiger partial charge in [-0.25, -0.2) is 17.8 Å². The molecule has 4 nitrogen and oxygen atoms in total. The van der Waals surface area contributed by atoms with Gasteiger partial charge in [0.1, 0.15) is 16.6 Å². The van der Waals surface area contributed by atoms with Gasteiger partial charge in [0.15, 0.2) is 15.4 Å². The number of alkyl halides is 1. The number of halogens is 2. The quantitative estimate of drug-likeness (QED) is 0.823. The lowest BCUT2D eigenvalue weighted by Gasteiger charge is -2.29. The number of benzene rings is 1. The Morgan fingerprint density at radius 1 is 1.32 bits per heavy atom. The third-order valence-electron chi connectivity index (χ3n) is 3.87. The molecule has 1 aliphatic carbocycles. The maximum absolute atomic E-state index is 13.1. The predicted molar refractivity (Wildman–Crippen MR) is 82.8 cm³/mol. The standard InChI is InChI=1S/C15H17ClFNO3S/c1-15(2,3)14-18-11-5-4-10(16)13(12(11)21-14)22(19,20)9-6-8(17)7-9/h4-5,8-9H,6-7H2,1-3H3/t8-,9-. The van der Waals surface area contributed by atoms with Crippen LogP contribution in [0.1, 0.15) is 39.5 Å². The molecular formula is C15H17ClFNO3S. The van der Waals surface area contributed by atoms with Crippen molar-refractivity contribution in [3.8, 4) is 0 Å². The van der Waals surface area contributed by atoms with E-state index in [4.69, 9.17) is 16.0 Å². The zero-order valence-electron chi connectivity index (χ0n) is 12.6. The molecule has 0 radical (unpaired) electrons. The zero-order chi connectivity index (χ0) is 16.3. The fourth-order valence-corrected chi connectivity index (χ4v) is 4.92. The minimum Gasteiger partial charge on any atom is -0.439 e. The van der Waals surface area contributed by atoms with Gasteiger partial charge in [0.25, 0.3) is 0 Å². The first kappa shape index (κ1) is 15.7. The van der Waals surface area contributed by atoms with E-state index in [1.54, 1.807) is 6.07 Å². The van der Waals surface area contributed by atoms with Gasteiger partial charge >= 0.3 is 0 Å². The van der Waals surface area contributed by atoms with Crippen LogP contribution in [0, 0.1) is 0 Å². The summed E-state index contributed by atoms with van der Waals surface area (Å²) in [6.45, 7) is 5.77. The molecule has 2 aromatic rings. The first-order valence-corrected chi connectivity index (χ1v) is 9.00. The number of sulfone groups is 1. The van der Waals surface area contributed by atoms with Crippen molar-refractivity contribution in [2.75, 3.05) is 0 Å². The molecule has 1 aromatic carbocycles. The van der Waals surface area contributed by atoms with Crippen molar-refractivity contribution in [1.29, 1.82) is 0 Å². The van der Waals surface area contributed by atoms with Crippen molar-refractivity contribution in [2.24, 2.45) is 0 Å². The van der Waals surface area contributed by atoms with Crippen LogP contribution in [0.15, 0.2) is 21.4 Å². The van der Waals surface area contributed by atoms with Crippen molar-refractivity contribution in [3.05, 3.63) is 23.0 Å². The van der Waals surface area contributed by atoms with Crippen LogP contribution >= 0.6 is 11.6 Å². The second-order valence-electron chi connectivity index (χ2n) is 6.73. The molecular weight excluding hydrogens is 329 g/mol. The molecule has 0 amide bonds. The molecule has 0 spiro atoms. The molecule has 7 heteroatoms. The Morgan fingerprint density at radius 3 is 2.50 bits per heavy atom. The van der Waals surface area contributed by atoms with Crippen LogP contribution in [0.3, 0.4) is 0 Å². The van der Waals surface area contributed by atoms with E-state index in [0.29, 0.717) is 11.4 Å². The number of aromatic nitrogens is 1. The Morgan fingerprint density at radius 2 is 1.95 bits per heavy atom. The highest BCUT2D eigenvalue weighted by molar-refractivity contribution is 7.92. The summed E-state index contributed by atoms with van der Waals surface area (Å²) in [6, 6.07) is 3.13. The van der Waals surface area contributed by atoms with Crippen molar-refractivity contribution in [3.63, 3.8) is 0 Å². The Balaban J connectivity index is 2.20. The van der Waals surface area contributed by atoms with Crippen LogP contribution in [0.4, 0.5) is 4.39 Å². The summed E-state index contributed by atoms with van der Waals surface area (Å²) in [4.78, 5) is 4.29. The molecule has 120 valence electrons. The van der Waals surface area contributed by atoms with Crippen LogP contribution < -0.4 is 0 Å². The molecule has 0 aliphatic heterocycles. The third-order valence-corrected chi connectivity index (χ3v) is 6.53. The minimum absolute atomic E-state index is 0.00924. The van der Waals surface area contributed by atoms with Gasteiger partial charge in [0, 0.05) is 5.41 Å². The largest absolute Gasteiger partial charge is 0.439 e. The lowest BCUT2D eigenvalue weighted by molar-refractivity contribution is 0.213. The van der Waals surface area contributed by atoms with E-state index < -0.39 is 21.3 Å². The molecule has 1 aliphatic rings. The van der Waals surface area contributed by atoms with Gasteiger partial charge in [0.05, 0.1) is 10.3 Å². The average Bonchev–Trinajstić information content (AvgIpc) is 2.77. The Labute approximate surface area is 133 Å². The van der Waals surface area contributed by atoms with Crippen LogP contribution in [0.25, 0.3) is 11.1 Å². The molecule has 1 heterocycles. The van der Waals surface area contributed by atoms with Gasteiger partial charge in [-0.05, 0) is 25.0 Å². The summed E-state index contributed by atoms with van der Waals surface area (Å²) >= 11 is 6.11. The summed E-state index contributed by atoms with van der Waals surface area (Å²) in [5.41, 5.74) is 0.260. The number of fused-ring (bicyclic) bond motifs is 1. The second-order valence-corrected chi connectivity index (χ2v) is 9.30. The molecule has 1 saturated carbocycles. The van der Waals surface area contributed by atoms with Gasteiger partial charge in [-0.15, -0.1) is 0 Å². The van der Waals surface area contributed by atoms with E-state index in [9.17, 15) is 12.8 Å². The number of nitrogens with zero attached hydrogens (tertiary/aromatic N) is 1. The highest BCUT2D eigenvalue weighted by atomic mass is 35.5. The fraction of sp³-hybridized carbons (Fsp3) is 0.533. The Hall–Kier alpha value is -1.14. The van der Waals surface area contributed by atoms with Gasteiger partial charge in [0.2, 0.25) is 5.89 Å². The summed E-state index contributed by atoms with van der Waals surface area (Å²) in [5.74, 6) is 0.443. The summed E-state index contributed by atoms with van der Waals surface area (Å²) < 4.78 is 44.2. The predicted octanol–water partition coefficient (Wildman–Crippen LogP) is 4.05. The van der Waals surface area contributed by atoms with Crippen LogP contribution in [-0.4, -0.2) is 24.8 Å². The van der Waals surface area contributed by atoms with E-state index in [2.05, 4.69) is 4.98 Å². The van der Waals surface area contributed by atoms with E-state index in [-0.39, 0.29) is 33.8 Å². The number of hydrogen-bond acceptors (Lipinski definition) is 4. The van der Waals surface area contributed by atoms with Gasteiger partial charge < -0.3 is 4.42 Å². The summed E-state index contributed by atoms with van der Waals surface area (Å²) in [7, 11) is -3.73. The van der Waals surface area contributed by atoms with Crippen molar-refractivity contribution >= 4 is 32.5 Å². The van der Waals surface area contributed by atoms with Crippen LogP contribution in [0.5, 0.6) is 0 Å². The highest BCUT2D eigenvalue weighted by Gasteiger charge is 2.42. The molecule has 1 aromatic heterocycles. The van der Waals surface area contributed by atoms with Crippen molar-refractivity contribution < 1.29 is 17.2 Å². The second kappa shape index (κ2) is 4.93. The summed E-state index contributed by atoms with van der Waals surface area (Å²) in [6.07, 6.45) is -1.04. The third kappa shape index (κ3) is 2.42. The summed E-state index contributed by atoms with van der Waals surface area (Å²) in [5, 5.41) is -0.653. The molecule has 22 heavy (non-hydrogen) atoms. The number of hydrogen-bond donors (Lipinski definition) is 0. The lowest BCUT2D eigenvalue weighted by Crippen LogP contribution is -2.37. The lowest BCUT2D eigenvalue weighted by atomic mass is 9.97. The Kier molecular flexibility index (Phi) is 3.53. The normalized spacial score (nSPS) is 22.8. The molecule has 0 bridgehead atoms. The van der Waals surface area contributed by atoms with E-state index >= 15 is 0 Å².